The van der Waals surface area contributed by atoms with Gasteiger partial charge >= 0.3 is 5.97 Å². The Balaban J connectivity index is 1.50. The van der Waals surface area contributed by atoms with Gasteiger partial charge in [-0.1, -0.05) is 61.5 Å². The molecular formula is C26H30N4O2. The summed E-state index contributed by atoms with van der Waals surface area (Å²) in [4.78, 5) is 15.9. The summed E-state index contributed by atoms with van der Waals surface area (Å²) in [5.74, 6) is -0.224. The second-order valence-corrected chi connectivity index (χ2v) is 8.46. The topological polar surface area (TPSA) is 86.3 Å². The summed E-state index contributed by atoms with van der Waals surface area (Å²) in [5.41, 5.74) is 4.21. The molecule has 6 nitrogen and oxygen atoms in total. The largest absolute Gasteiger partial charge is 0.481 e. The SMILES string of the molecule is C[C@H](CN[C@H](c1ccccc1)[C@H]1CNc2cccnc2N1)c1cccc([C@@H](C)C(=O)O)c1. The average Bonchev–Trinajstić information content (AvgIpc) is 2.84. The van der Waals surface area contributed by atoms with Crippen LogP contribution in [0.2, 0.25) is 0 Å². The van der Waals surface area contributed by atoms with Crippen molar-refractivity contribution < 1.29 is 9.90 Å². The average molecular weight is 431 g/mol. The second-order valence-electron chi connectivity index (χ2n) is 8.46. The van der Waals surface area contributed by atoms with Crippen LogP contribution in [0, 0.1) is 0 Å². The molecule has 0 spiro atoms. The minimum atomic E-state index is -0.804. The number of carboxylic acids is 1. The van der Waals surface area contributed by atoms with Crippen LogP contribution < -0.4 is 16.0 Å². The number of nitrogens with one attached hydrogen (secondary N) is 3. The van der Waals surface area contributed by atoms with Crippen LogP contribution in [-0.4, -0.2) is 35.2 Å². The van der Waals surface area contributed by atoms with E-state index in [4.69, 9.17) is 0 Å². The molecule has 6 heteroatoms. The Kier molecular flexibility index (Phi) is 6.71. The maximum absolute atomic E-state index is 11.4. The summed E-state index contributed by atoms with van der Waals surface area (Å²) in [7, 11) is 0. The maximum atomic E-state index is 11.4. The number of carboxylic acid groups (broad SMARTS) is 1. The Bertz CT molecular complexity index is 1060. The monoisotopic (exact) mass is 430 g/mol. The molecule has 166 valence electrons. The number of rotatable bonds is 8. The maximum Gasteiger partial charge on any atom is 0.310 e. The number of aromatic nitrogens is 1. The van der Waals surface area contributed by atoms with Crippen molar-refractivity contribution in [1.29, 1.82) is 0 Å². The van der Waals surface area contributed by atoms with Crippen molar-refractivity contribution in [2.24, 2.45) is 0 Å². The van der Waals surface area contributed by atoms with Crippen LogP contribution in [0.5, 0.6) is 0 Å². The summed E-state index contributed by atoms with van der Waals surface area (Å²) < 4.78 is 0. The van der Waals surface area contributed by atoms with Crippen molar-refractivity contribution in [1.82, 2.24) is 10.3 Å². The first-order valence-corrected chi connectivity index (χ1v) is 11.1. The molecule has 4 atom stereocenters. The summed E-state index contributed by atoms with van der Waals surface area (Å²) in [6.07, 6.45) is 1.80. The van der Waals surface area contributed by atoms with E-state index in [1.165, 1.54) is 5.56 Å². The van der Waals surface area contributed by atoms with E-state index in [1.54, 1.807) is 13.1 Å². The highest BCUT2D eigenvalue weighted by molar-refractivity contribution is 5.75. The van der Waals surface area contributed by atoms with E-state index in [1.807, 2.05) is 36.4 Å². The quantitative estimate of drug-likeness (QED) is 0.418. The van der Waals surface area contributed by atoms with Crippen LogP contribution in [0.1, 0.15) is 48.4 Å². The first-order chi connectivity index (χ1) is 15.5. The number of hydrogen-bond acceptors (Lipinski definition) is 5. The van der Waals surface area contributed by atoms with Gasteiger partial charge in [0.1, 0.15) is 5.82 Å². The molecule has 2 aromatic carbocycles. The third-order valence-electron chi connectivity index (χ3n) is 6.20. The third-order valence-corrected chi connectivity index (χ3v) is 6.20. The van der Waals surface area contributed by atoms with Gasteiger partial charge in [0.05, 0.1) is 23.7 Å². The molecule has 0 saturated heterocycles. The lowest BCUT2D eigenvalue weighted by molar-refractivity contribution is -0.138. The number of fused-ring (bicyclic) bond motifs is 1. The van der Waals surface area contributed by atoms with Gasteiger partial charge in [0, 0.05) is 19.3 Å². The molecule has 0 saturated carbocycles. The smallest absolute Gasteiger partial charge is 0.310 e. The third kappa shape index (κ3) is 4.92. The lowest BCUT2D eigenvalue weighted by Crippen LogP contribution is -2.45. The van der Waals surface area contributed by atoms with E-state index in [0.29, 0.717) is 0 Å². The molecular weight excluding hydrogens is 400 g/mol. The molecule has 2 heterocycles. The zero-order valence-corrected chi connectivity index (χ0v) is 18.5. The van der Waals surface area contributed by atoms with E-state index in [2.05, 4.69) is 58.2 Å². The van der Waals surface area contributed by atoms with Crippen molar-refractivity contribution in [3.63, 3.8) is 0 Å². The molecule has 0 unspecified atom stereocenters. The summed E-state index contributed by atoms with van der Waals surface area (Å²) in [6, 6.07) is 22.5. The van der Waals surface area contributed by atoms with Crippen molar-refractivity contribution in [2.75, 3.05) is 23.7 Å². The van der Waals surface area contributed by atoms with Crippen LogP contribution in [0.25, 0.3) is 0 Å². The molecule has 0 amide bonds. The van der Waals surface area contributed by atoms with E-state index >= 15 is 0 Å². The van der Waals surface area contributed by atoms with Gasteiger partial charge < -0.3 is 21.1 Å². The van der Waals surface area contributed by atoms with E-state index in [-0.39, 0.29) is 18.0 Å². The number of carbonyl (C=O) groups is 1. The molecule has 1 aliphatic heterocycles. The highest BCUT2D eigenvalue weighted by Crippen LogP contribution is 2.29. The number of pyridine rings is 1. The minimum Gasteiger partial charge on any atom is -0.481 e. The first-order valence-electron chi connectivity index (χ1n) is 11.1. The highest BCUT2D eigenvalue weighted by atomic mass is 16.4. The van der Waals surface area contributed by atoms with Gasteiger partial charge in [0.25, 0.3) is 0 Å². The first kappa shape index (κ1) is 21.8. The van der Waals surface area contributed by atoms with Crippen LogP contribution in [-0.2, 0) is 4.79 Å². The number of aliphatic carboxylic acids is 1. The number of hydrogen-bond donors (Lipinski definition) is 4. The molecule has 0 bridgehead atoms. The van der Waals surface area contributed by atoms with Gasteiger partial charge in [0.2, 0.25) is 0 Å². The number of anilines is 2. The predicted octanol–water partition coefficient (Wildman–Crippen LogP) is 4.61. The molecule has 3 aromatic rings. The van der Waals surface area contributed by atoms with Crippen molar-refractivity contribution in [2.45, 2.75) is 37.8 Å². The van der Waals surface area contributed by atoms with Gasteiger partial charge in [-0.05, 0) is 41.7 Å². The van der Waals surface area contributed by atoms with Gasteiger partial charge in [-0.25, -0.2) is 4.98 Å². The molecule has 1 aliphatic rings. The van der Waals surface area contributed by atoms with Crippen LogP contribution >= 0.6 is 0 Å². The fraction of sp³-hybridized carbons (Fsp3) is 0.308. The molecule has 4 N–H and O–H groups in total. The van der Waals surface area contributed by atoms with E-state index in [0.717, 1.165) is 35.7 Å². The zero-order valence-electron chi connectivity index (χ0n) is 18.5. The predicted molar refractivity (Wildman–Crippen MR) is 128 cm³/mol. The molecule has 0 radical (unpaired) electrons. The fourth-order valence-corrected chi connectivity index (χ4v) is 4.16. The number of benzene rings is 2. The highest BCUT2D eigenvalue weighted by Gasteiger charge is 2.27. The molecule has 1 aromatic heterocycles. The standard InChI is InChI=1S/C26H30N4O2/c1-17(20-10-6-11-21(14-20)18(2)26(31)32)15-29-24(19-8-4-3-5-9-19)23-16-28-22-12-7-13-27-25(22)30-23/h3-14,17-18,23-24,28-29H,15-16H2,1-2H3,(H,27,30)(H,31,32)/t17-,18-,23-,24-/m1/s1. The summed E-state index contributed by atoms with van der Waals surface area (Å²) >= 11 is 0. The molecule has 4 rings (SSSR count). The summed E-state index contributed by atoms with van der Waals surface area (Å²) in [5, 5.41) is 20.2. The van der Waals surface area contributed by atoms with Crippen LogP contribution in [0.4, 0.5) is 11.5 Å². The van der Waals surface area contributed by atoms with Crippen molar-refractivity contribution in [3.05, 3.63) is 89.6 Å². The molecule has 0 fully saturated rings. The van der Waals surface area contributed by atoms with Gasteiger partial charge in [-0.3, -0.25) is 4.79 Å². The lowest BCUT2D eigenvalue weighted by Gasteiger charge is -2.35. The van der Waals surface area contributed by atoms with Crippen LogP contribution in [0.3, 0.4) is 0 Å². The Hall–Kier alpha value is -3.38. The van der Waals surface area contributed by atoms with Crippen molar-refractivity contribution in [3.8, 4) is 0 Å². The van der Waals surface area contributed by atoms with Crippen LogP contribution in [0.15, 0.2) is 72.9 Å². The number of nitrogens with zero attached hydrogens (tertiary/aromatic N) is 1. The Morgan fingerprint density at radius 2 is 1.81 bits per heavy atom. The summed E-state index contributed by atoms with van der Waals surface area (Å²) in [6.45, 7) is 5.44. The van der Waals surface area contributed by atoms with E-state index in [9.17, 15) is 9.90 Å². The Morgan fingerprint density at radius 3 is 2.59 bits per heavy atom. The van der Waals surface area contributed by atoms with Gasteiger partial charge in [-0.2, -0.15) is 0 Å². The molecule has 32 heavy (non-hydrogen) atoms. The van der Waals surface area contributed by atoms with Gasteiger partial charge in [-0.15, -0.1) is 0 Å². The Labute approximate surface area is 189 Å². The second kappa shape index (κ2) is 9.83. The Morgan fingerprint density at radius 1 is 1.06 bits per heavy atom. The normalized spacial score (nSPS) is 17.9. The zero-order chi connectivity index (χ0) is 22.5. The lowest BCUT2D eigenvalue weighted by atomic mass is 9.93. The van der Waals surface area contributed by atoms with Crippen molar-refractivity contribution >= 4 is 17.5 Å². The minimum absolute atomic E-state index is 0.0856. The van der Waals surface area contributed by atoms with Gasteiger partial charge in [0.15, 0.2) is 0 Å². The molecule has 0 aliphatic carbocycles. The fourth-order valence-electron chi connectivity index (χ4n) is 4.16. The van der Waals surface area contributed by atoms with E-state index < -0.39 is 11.9 Å².